The molecule has 1 aromatic rings. The molecule has 0 radical (unpaired) electrons. The second kappa shape index (κ2) is 5.41. The summed E-state index contributed by atoms with van der Waals surface area (Å²) in [6.45, 7) is 5.04. The van der Waals surface area contributed by atoms with Gasteiger partial charge in [-0.05, 0) is 38.2 Å². The molecule has 0 aliphatic heterocycles. The van der Waals surface area contributed by atoms with Crippen LogP contribution in [0.15, 0.2) is 12.3 Å². The van der Waals surface area contributed by atoms with Crippen molar-refractivity contribution in [2.75, 3.05) is 13.2 Å². The molecule has 1 saturated carbocycles. The van der Waals surface area contributed by atoms with Crippen molar-refractivity contribution in [3.63, 3.8) is 0 Å². The van der Waals surface area contributed by atoms with Crippen LogP contribution in [-0.2, 0) is 6.42 Å². The molecule has 2 atom stereocenters. The van der Waals surface area contributed by atoms with E-state index in [2.05, 4.69) is 25.0 Å². The van der Waals surface area contributed by atoms with Gasteiger partial charge in [0.15, 0.2) is 0 Å². The van der Waals surface area contributed by atoms with Crippen molar-refractivity contribution in [3.8, 4) is 0 Å². The molecule has 2 unspecified atom stereocenters. The zero-order valence-electron chi connectivity index (χ0n) is 11.5. The van der Waals surface area contributed by atoms with Crippen LogP contribution in [0.4, 0.5) is 0 Å². The van der Waals surface area contributed by atoms with Crippen LogP contribution in [0.2, 0.25) is 0 Å². The van der Waals surface area contributed by atoms with Gasteiger partial charge in [-0.3, -0.25) is 4.68 Å². The Bertz CT molecular complexity index is 380. The Morgan fingerprint density at radius 3 is 2.83 bits per heavy atom. The minimum absolute atomic E-state index is 0.144. The summed E-state index contributed by atoms with van der Waals surface area (Å²) in [5.41, 5.74) is 6.82. The maximum Gasteiger partial charge on any atom is 0.0631 e. The number of nitrogens with zero attached hydrogens (tertiary/aromatic N) is 2. The van der Waals surface area contributed by atoms with Gasteiger partial charge in [0.25, 0.3) is 0 Å². The van der Waals surface area contributed by atoms with Gasteiger partial charge in [0.05, 0.1) is 12.3 Å². The summed E-state index contributed by atoms with van der Waals surface area (Å²) in [5.74, 6) is 0.584. The summed E-state index contributed by atoms with van der Waals surface area (Å²) in [7, 11) is 0. The fourth-order valence-electron chi connectivity index (χ4n) is 2.59. The minimum Gasteiger partial charge on any atom is -0.396 e. The van der Waals surface area contributed by atoms with E-state index in [4.69, 9.17) is 5.73 Å². The molecule has 4 nitrogen and oxygen atoms in total. The van der Waals surface area contributed by atoms with Crippen LogP contribution in [0, 0.1) is 11.3 Å². The highest BCUT2D eigenvalue weighted by Crippen LogP contribution is 2.46. The number of hydrogen-bond donors (Lipinski definition) is 2. The van der Waals surface area contributed by atoms with Crippen LogP contribution in [0.1, 0.15) is 44.8 Å². The van der Waals surface area contributed by atoms with Crippen molar-refractivity contribution in [2.45, 2.75) is 45.6 Å². The number of rotatable bonds is 7. The Morgan fingerprint density at radius 1 is 1.61 bits per heavy atom. The fourth-order valence-corrected chi connectivity index (χ4v) is 2.59. The van der Waals surface area contributed by atoms with Crippen molar-refractivity contribution in [1.82, 2.24) is 9.78 Å². The maximum atomic E-state index is 9.70. The van der Waals surface area contributed by atoms with Gasteiger partial charge < -0.3 is 10.8 Å². The third kappa shape index (κ3) is 2.59. The van der Waals surface area contributed by atoms with Gasteiger partial charge in [-0.2, -0.15) is 5.10 Å². The largest absolute Gasteiger partial charge is 0.396 e. The van der Waals surface area contributed by atoms with Crippen LogP contribution in [0.3, 0.4) is 0 Å². The van der Waals surface area contributed by atoms with Crippen LogP contribution < -0.4 is 5.73 Å². The maximum absolute atomic E-state index is 9.70. The van der Waals surface area contributed by atoms with E-state index in [1.807, 2.05) is 10.9 Å². The van der Waals surface area contributed by atoms with E-state index >= 15 is 0 Å². The number of aliphatic hydroxyl groups excluding tert-OH is 1. The molecule has 1 fully saturated rings. The molecule has 0 aromatic carbocycles. The standard InChI is InChI=1S/C14H25N3O/c1-3-11(2)17-7-6-13(16-17)8-14(9-15,10-18)12-4-5-12/h6-7,11-12,18H,3-5,8-10,15H2,1-2H3. The van der Waals surface area contributed by atoms with Crippen molar-refractivity contribution >= 4 is 0 Å². The molecule has 2 rings (SSSR count). The molecule has 3 N–H and O–H groups in total. The predicted molar refractivity (Wildman–Crippen MR) is 72.2 cm³/mol. The molecule has 0 bridgehead atoms. The third-order valence-corrected chi connectivity index (χ3v) is 4.40. The molecule has 4 heteroatoms. The normalized spacial score (nSPS) is 20.7. The number of hydrogen-bond acceptors (Lipinski definition) is 3. The molecule has 1 heterocycles. The van der Waals surface area contributed by atoms with Gasteiger partial charge in [-0.25, -0.2) is 0 Å². The van der Waals surface area contributed by atoms with Crippen molar-refractivity contribution in [2.24, 2.45) is 17.1 Å². The monoisotopic (exact) mass is 251 g/mol. The number of aliphatic hydroxyl groups is 1. The van der Waals surface area contributed by atoms with E-state index in [1.165, 1.54) is 12.8 Å². The zero-order valence-corrected chi connectivity index (χ0v) is 11.5. The van der Waals surface area contributed by atoms with E-state index in [9.17, 15) is 5.11 Å². The molecule has 1 aromatic heterocycles. The zero-order chi connectivity index (χ0) is 13.2. The highest BCUT2D eigenvalue weighted by molar-refractivity contribution is 5.08. The first-order chi connectivity index (χ1) is 8.65. The van der Waals surface area contributed by atoms with Gasteiger partial charge in [-0.1, -0.05) is 6.92 Å². The van der Waals surface area contributed by atoms with E-state index in [-0.39, 0.29) is 12.0 Å². The van der Waals surface area contributed by atoms with Crippen molar-refractivity contribution < 1.29 is 5.11 Å². The smallest absolute Gasteiger partial charge is 0.0631 e. The molecular formula is C14H25N3O. The molecule has 0 amide bonds. The summed E-state index contributed by atoms with van der Waals surface area (Å²) in [4.78, 5) is 0. The fraction of sp³-hybridized carbons (Fsp3) is 0.786. The molecular weight excluding hydrogens is 226 g/mol. The SMILES string of the molecule is CCC(C)n1ccc(CC(CN)(CO)C2CC2)n1. The topological polar surface area (TPSA) is 64.1 Å². The molecule has 18 heavy (non-hydrogen) atoms. The van der Waals surface area contributed by atoms with Gasteiger partial charge in [0, 0.05) is 30.6 Å². The lowest BCUT2D eigenvalue weighted by molar-refractivity contribution is 0.107. The Labute approximate surface area is 109 Å². The highest BCUT2D eigenvalue weighted by atomic mass is 16.3. The Kier molecular flexibility index (Phi) is 4.07. The molecule has 1 aliphatic rings. The first kappa shape index (κ1) is 13.6. The van der Waals surface area contributed by atoms with Gasteiger partial charge in [0.1, 0.15) is 0 Å². The van der Waals surface area contributed by atoms with Gasteiger partial charge >= 0.3 is 0 Å². The average molecular weight is 251 g/mol. The lowest BCUT2D eigenvalue weighted by atomic mass is 9.79. The Morgan fingerprint density at radius 2 is 2.33 bits per heavy atom. The predicted octanol–water partition coefficient (Wildman–Crippen LogP) is 1.74. The van der Waals surface area contributed by atoms with Crippen LogP contribution >= 0.6 is 0 Å². The van der Waals surface area contributed by atoms with Crippen molar-refractivity contribution in [3.05, 3.63) is 18.0 Å². The van der Waals surface area contributed by atoms with E-state index in [0.717, 1.165) is 18.5 Å². The Balaban J connectivity index is 2.09. The minimum atomic E-state index is -0.144. The Hall–Kier alpha value is -0.870. The first-order valence-electron chi connectivity index (χ1n) is 7.00. The lowest BCUT2D eigenvalue weighted by Crippen LogP contribution is -2.38. The van der Waals surface area contributed by atoms with Crippen LogP contribution in [0.25, 0.3) is 0 Å². The molecule has 102 valence electrons. The summed E-state index contributed by atoms with van der Waals surface area (Å²) in [5, 5.41) is 14.3. The van der Waals surface area contributed by atoms with Crippen molar-refractivity contribution in [1.29, 1.82) is 0 Å². The molecule has 1 aliphatic carbocycles. The lowest BCUT2D eigenvalue weighted by Gasteiger charge is -2.29. The van der Waals surface area contributed by atoms with E-state index in [1.54, 1.807) is 0 Å². The first-order valence-corrected chi connectivity index (χ1v) is 7.00. The van der Waals surface area contributed by atoms with Crippen LogP contribution in [-0.4, -0.2) is 28.0 Å². The van der Waals surface area contributed by atoms with Crippen LogP contribution in [0.5, 0.6) is 0 Å². The quantitative estimate of drug-likeness (QED) is 0.776. The van der Waals surface area contributed by atoms with Gasteiger partial charge in [-0.15, -0.1) is 0 Å². The average Bonchev–Trinajstić information content (AvgIpc) is 3.16. The summed E-state index contributed by atoms with van der Waals surface area (Å²) in [6, 6.07) is 2.50. The molecule has 0 spiro atoms. The van der Waals surface area contributed by atoms with E-state index < -0.39 is 0 Å². The van der Waals surface area contributed by atoms with E-state index in [0.29, 0.717) is 18.5 Å². The molecule has 0 saturated heterocycles. The summed E-state index contributed by atoms with van der Waals surface area (Å²) >= 11 is 0. The second-order valence-corrected chi connectivity index (χ2v) is 5.72. The number of aromatic nitrogens is 2. The second-order valence-electron chi connectivity index (χ2n) is 5.72. The summed E-state index contributed by atoms with van der Waals surface area (Å²) in [6.07, 6.45) is 6.31. The summed E-state index contributed by atoms with van der Waals surface area (Å²) < 4.78 is 2.01. The highest BCUT2D eigenvalue weighted by Gasteiger charge is 2.44. The third-order valence-electron chi connectivity index (χ3n) is 4.40. The number of nitrogens with two attached hydrogens (primary N) is 1. The van der Waals surface area contributed by atoms with Gasteiger partial charge in [0.2, 0.25) is 0 Å².